The quantitative estimate of drug-likeness (QED) is 0.726. The van der Waals surface area contributed by atoms with E-state index in [-0.39, 0.29) is 11.3 Å². The predicted molar refractivity (Wildman–Crippen MR) is 64.0 cm³/mol. The fourth-order valence-corrected chi connectivity index (χ4v) is 2.35. The molecule has 86 valence electrons. The summed E-state index contributed by atoms with van der Waals surface area (Å²) in [6.07, 6.45) is 4.97. The van der Waals surface area contributed by atoms with Crippen LogP contribution in [0.3, 0.4) is 0 Å². The van der Waals surface area contributed by atoms with E-state index in [9.17, 15) is 4.79 Å². The molecule has 5 heteroatoms. The third-order valence-electron chi connectivity index (χ3n) is 2.65. The summed E-state index contributed by atoms with van der Waals surface area (Å²) < 4.78 is 0. The van der Waals surface area contributed by atoms with Crippen molar-refractivity contribution in [1.82, 2.24) is 9.88 Å². The maximum Gasteiger partial charge on any atom is 0.255 e. The average molecular weight is 259 g/mol. The molecular weight excluding hydrogens is 247 g/mol. The Bertz CT molecular complexity index is 397. The van der Waals surface area contributed by atoms with Gasteiger partial charge in [-0.15, -0.1) is 11.6 Å². The van der Waals surface area contributed by atoms with Crippen LogP contribution >= 0.6 is 23.2 Å². The van der Waals surface area contributed by atoms with Gasteiger partial charge in [-0.25, -0.2) is 0 Å². The number of rotatable bonds is 1. The van der Waals surface area contributed by atoms with Crippen LogP contribution in [0.4, 0.5) is 0 Å². The number of likely N-dealkylation sites (tertiary alicyclic amines) is 1. The van der Waals surface area contributed by atoms with Gasteiger partial charge in [-0.1, -0.05) is 11.6 Å². The highest BCUT2D eigenvalue weighted by Crippen LogP contribution is 2.20. The minimum absolute atomic E-state index is 0.0540. The summed E-state index contributed by atoms with van der Waals surface area (Å²) in [6, 6.07) is 1.64. The molecule has 0 aromatic carbocycles. The molecule has 0 aliphatic carbocycles. The molecule has 16 heavy (non-hydrogen) atoms. The first kappa shape index (κ1) is 11.7. The Balaban J connectivity index is 2.16. The third kappa shape index (κ3) is 2.47. The molecule has 0 N–H and O–H groups in total. The number of aromatic nitrogens is 1. The van der Waals surface area contributed by atoms with Crippen LogP contribution in [0.15, 0.2) is 18.5 Å². The molecule has 0 saturated carbocycles. The van der Waals surface area contributed by atoms with Gasteiger partial charge in [0.25, 0.3) is 5.91 Å². The summed E-state index contributed by atoms with van der Waals surface area (Å²) >= 11 is 12.0. The van der Waals surface area contributed by atoms with Crippen LogP contribution in [0.5, 0.6) is 0 Å². The van der Waals surface area contributed by atoms with E-state index >= 15 is 0 Å². The molecule has 1 unspecified atom stereocenters. The van der Waals surface area contributed by atoms with E-state index < -0.39 is 0 Å². The summed E-state index contributed by atoms with van der Waals surface area (Å²) in [6.45, 7) is 1.35. The normalized spacial score (nSPS) is 20.9. The lowest BCUT2D eigenvalue weighted by Gasteiger charge is -2.30. The van der Waals surface area contributed by atoms with Gasteiger partial charge in [0.05, 0.1) is 16.0 Å². The van der Waals surface area contributed by atoms with Crippen molar-refractivity contribution in [1.29, 1.82) is 0 Å². The van der Waals surface area contributed by atoms with Gasteiger partial charge in [0.2, 0.25) is 0 Å². The van der Waals surface area contributed by atoms with Crippen LogP contribution in [-0.2, 0) is 0 Å². The summed E-state index contributed by atoms with van der Waals surface area (Å²) in [4.78, 5) is 17.7. The number of piperidine rings is 1. The van der Waals surface area contributed by atoms with Gasteiger partial charge in [0, 0.05) is 25.5 Å². The fourth-order valence-electron chi connectivity index (χ4n) is 1.83. The fraction of sp³-hybridized carbons (Fsp3) is 0.455. The Morgan fingerprint density at radius 3 is 3.06 bits per heavy atom. The maximum absolute atomic E-state index is 12.1. The van der Waals surface area contributed by atoms with E-state index in [1.54, 1.807) is 17.2 Å². The molecule has 2 heterocycles. The Hall–Kier alpha value is -0.800. The number of hydrogen-bond donors (Lipinski definition) is 0. The maximum atomic E-state index is 12.1. The van der Waals surface area contributed by atoms with Crippen LogP contribution in [0.25, 0.3) is 0 Å². The molecule has 3 nitrogen and oxygen atoms in total. The molecular formula is C11H12Cl2N2O. The lowest BCUT2D eigenvalue weighted by Crippen LogP contribution is -2.40. The monoisotopic (exact) mass is 258 g/mol. The van der Waals surface area contributed by atoms with Gasteiger partial charge in [-0.3, -0.25) is 9.78 Å². The van der Waals surface area contributed by atoms with Crippen LogP contribution in [0.2, 0.25) is 5.02 Å². The average Bonchev–Trinajstić information content (AvgIpc) is 2.29. The van der Waals surface area contributed by atoms with Crippen molar-refractivity contribution in [3.05, 3.63) is 29.0 Å². The van der Waals surface area contributed by atoms with Gasteiger partial charge in [-0.05, 0) is 18.9 Å². The molecule has 0 bridgehead atoms. The Kier molecular flexibility index (Phi) is 3.66. The van der Waals surface area contributed by atoms with Crippen molar-refractivity contribution in [3.8, 4) is 0 Å². The van der Waals surface area contributed by atoms with Crippen molar-refractivity contribution >= 4 is 29.1 Å². The smallest absolute Gasteiger partial charge is 0.255 e. The first-order valence-corrected chi connectivity index (χ1v) is 6.03. The van der Waals surface area contributed by atoms with Gasteiger partial charge < -0.3 is 4.90 Å². The second kappa shape index (κ2) is 5.02. The van der Waals surface area contributed by atoms with Gasteiger partial charge in [0.15, 0.2) is 0 Å². The minimum atomic E-state index is -0.0576. The van der Waals surface area contributed by atoms with Gasteiger partial charge in [-0.2, -0.15) is 0 Å². The molecule has 1 aromatic heterocycles. The van der Waals surface area contributed by atoms with Crippen molar-refractivity contribution in [3.63, 3.8) is 0 Å². The Labute approximate surface area is 104 Å². The van der Waals surface area contributed by atoms with Crippen LogP contribution in [0.1, 0.15) is 23.2 Å². The molecule has 1 atom stereocenters. The zero-order chi connectivity index (χ0) is 11.5. The highest BCUT2D eigenvalue weighted by Gasteiger charge is 2.24. The molecule has 0 radical (unpaired) electrons. The number of hydrogen-bond acceptors (Lipinski definition) is 2. The van der Waals surface area contributed by atoms with Gasteiger partial charge in [0.1, 0.15) is 0 Å². The summed E-state index contributed by atoms with van der Waals surface area (Å²) in [5.74, 6) is -0.0576. The third-order valence-corrected chi connectivity index (χ3v) is 3.31. The van der Waals surface area contributed by atoms with Crippen molar-refractivity contribution in [2.75, 3.05) is 13.1 Å². The summed E-state index contributed by atoms with van der Waals surface area (Å²) in [7, 11) is 0. The second-order valence-electron chi connectivity index (χ2n) is 3.85. The standard InChI is InChI=1S/C11H12Cl2N2O/c12-8-2-1-5-15(7-8)11(16)9-3-4-14-6-10(9)13/h3-4,6,8H,1-2,5,7H2. The first-order valence-electron chi connectivity index (χ1n) is 5.21. The molecule has 0 spiro atoms. The van der Waals surface area contributed by atoms with E-state index in [0.29, 0.717) is 17.1 Å². The molecule has 1 saturated heterocycles. The molecule has 1 aromatic rings. The minimum Gasteiger partial charge on any atom is -0.337 e. The second-order valence-corrected chi connectivity index (χ2v) is 4.87. The highest BCUT2D eigenvalue weighted by molar-refractivity contribution is 6.33. The molecule has 2 rings (SSSR count). The zero-order valence-electron chi connectivity index (χ0n) is 8.70. The van der Waals surface area contributed by atoms with Gasteiger partial charge >= 0.3 is 0 Å². The van der Waals surface area contributed by atoms with E-state index in [1.807, 2.05) is 0 Å². The zero-order valence-corrected chi connectivity index (χ0v) is 10.2. The van der Waals surface area contributed by atoms with Crippen LogP contribution < -0.4 is 0 Å². The Morgan fingerprint density at radius 1 is 1.56 bits per heavy atom. The number of carbonyl (C=O) groups excluding carboxylic acids is 1. The van der Waals surface area contributed by atoms with E-state index in [4.69, 9.17) is 23.2 Å². The van der Waals surface area contributed by atoms with E-state index in [0.717, 1.165) is 19.4 Å². The predicted octanol–water partition coefficient (Wildman–Crippen LogP) is 2.58. The van der Waals surface area contributed by atoms with E-state index in [1.165, 1.54) is 6.20 Å². The van der Waals surface area contributed by atoms with Crippen LogP contribution in [0, 0.1) is 0 Å². The summed E-state index contributed by atoms with van der Waals surface area (Å²) in [5, 5.41) is 0.447. The summed E-state index contributed by atoms with van der Waals surface area (Å²) in [5.41, 5.74) is 0.502. The first-order chi connectivity index (χ1) is 7.68. The van der Waals surface area contributed by atoms with Crippen molar-refractivity contribution in [2.45, 2.75) is 18.2 Å². The number of amides is 1. The van der Waals surface area contributed by atoms with Crippen molar-refractivity contribution < 1.29 is 4.79 Å². The molecule has 1 amide bonds. The van der Waals surface area contributed by atoms with Crippen molar-refractivity contribution in [2.24, 2.45) is 0 Å². The highest BCUT2D eigenvalue weighted by atomic mass is 35.5. The number of pyridine rings is 1. The molecule has 1 aliphatic heterocycles. The number of carbonyl (C=O) groups is 1. The molecule has 1 fully saturated rings. The Morgan fingerprint density at radius 2 is 2.38 bits per heavy atom. The van der Waals surface area contributed by atoms with E-state index in [2.05, 4.69) is 4.98 Å². The van der Waals surface area contributed by atoms with Crippen LogP contribution in [-0.4, -0.2) is 34.3 Å². The number of halogens is 2. The lowest BCUT2D eigenvalue weighted by atomic mass is 10.1. The lowest BCUT2D eigenvalue weighted by molar-refractivity contribution is 0.0727. The number of alkyl halides is 1. The SMILES string of the molecule is O=C(c1ccncc1Cl)N1CCCC(Cl)C1. The largest absolute Gasteiger partial charge is 0.337 e. The topological polar surface area (TPSA) is 33.2 Å². The molecule has 1 aliphatic rings. The number of nitrogens with zero attached hydrogens (tertiary/aromatic N) is 2.